The van der Waals surface area contributed by atoms with Crippen molar-refractivity contribution in [2.75, 3.05) is 0 Å². The second-order valence-corrected chi connectivity index (χ2v) is 6.36. The van der Waals surface area contributed by atoms with Gasteiger partial charge in [-0.3, -0.25) is 9.36 Å². The van der Waals surface area contributed by atoms with Gasteiger partial charge in [-0.15, -0.1) is 0 Å². The van der Waals surface area contributed by atoms with Crippen LogP contribution in [0.2, 0.25) is 0 Å². The first kappa shape index (κ1) is 18.3. The van der Waals surface area contributed by atoms with Crippen LogP contribution in [0.4, 0.5) is 4.39 Å². The van der Waals surface area contributed by atoms with Crippen molar-refractivity contribution in [1.29, 1.82) is 0 Å². The molecule has 3 aromatic carbocycles. The van der Waals surface area contributed by atoms with Gasteiger partial charge < -0.3 is 5.11 Å². The zero-order valence-electron chi connectivity index (χ0n) is 15.1. The topological polar surface area (TPSA) is 72.2 Å². The van der Waals surface area contributed by atoms with Crippen molar-refractivity contribution in [2.45, 2.75) is 0 Å². The number of carboxylic acids is 1. The summed E-state index contributed by atoms with van der Waals surface area (Å²) >= 11 is 0. The minimum absolute atomic E-state index is 0.124. The highest BCUT2D eigenvalue weighted by atomic mass is 19.1. The van der Waals surface area contributed by atoms with Crippen LogP contribution in [0.15, 0.2) is 77.6 Å². The normalized spacial score (nSPS) is 11.2. The molecule has 0 spiro atoms. The number of hydrogen-bond donors (Lipinski definition) is 1. The fraction of sp³-hybridized carbons (Fsp3) is 0. The van der Waals surface area contributed by atoms with Gasteiger partial charge in [-0.05, 0) is 60.2 Å². The van der Waals surface area contributed by atoms with Gasteiger partial charge in [-0.1, -0.05) is 30.3 Å². The third-order valence-corrected chi connectivity index (χ3v) is 4.47. The molecule has 1 aromatic heterocycles. The molecule has 0 saturated carbocycles. The Labute approximate surface area is 165 Å². The van der Waals surface area contributed by atoms with Crippen molar-refractivity contribution < 1.29 is 14.3 Å². The molecule has 1 heterocycles. The van der Waals surface area contributed by atoms with Crippen LogP contribution in [0.25, 0.3) is 28.7 Å². The summed E-state index contributed by atoms with van der Waals surface area (Å²) in [6, 6.07) is 19.0. The molecule has 0 aliphatic heterocycles. The Morgan fingerprint density at radius 1 is 0.931 bits per heavy atom. The van der Waals surface area contributed by atoms with Gasteiger partial charge in [0.2, 0.25) is 0 Å². The second kappa shape index (κ2) is 7.52. The Bertz CT molecular complexity index is 1290. The number of carbonyl (C=O) groups is 1. The highest BCUT2D eigenvalue weighted by Crippen LogP contribution is 2.16. The molecule has 0 aliphatic rings. The Morgan fingerprint density at radius 2 is 1.62 bits per heavy atom. The van der Waals surface area contributed by atoms with E-state index >= 15 is 0 Å². The van der Waals surface area contributed by atoms with Gasteiger partial charge in [0.1, 0.15) is 11.6 Å². The van der Waals surface area contributed by atoms with E-state index in [1.54, 1.807) is 60.7 Å². The van der Waals surface area contributed by atoms with Gasteiger partial charge in [0.05, 0.1) is 22.2 Å². The molecule has 0 aliphatic carbocycles. The number of aromatic carboxylic acids is 1. The van der Waals surface area contributed by atoms with Crippen molar-refractivity contribution >= 4 is 29.0 Å². The summed E-state index contributed by atoms with van der Waals surface area (Å²) in [5.74, 6) is -1.00. The second-order valence-electron chi connectivity index (χ2n) is 6.36. The monoisotopic (exact) mass is 386 g/mol. The van der Waals surface area contributed by atoms with E-state index in [0.717, 1.165) is 5.56 Å². The quantitative estimate of drug-likeness (QED) is 0.565. The number of para-hydroxylation sites is 1. The Balaban J connectivity index is 1.89. The molecular weight excluding hydrogens is 371 g/mol. The van der Waals surface area contributed by atoms with Crippen LogP contribution in [0.1, 0.15) is 21.7 Å². The van der Waals surface area contributed by atoms with Gasteiger partial charge in [0.15, 0.2) is 0 Å². The maximum absolute atomic E-state index is 13.1. The highest BCUT2D eigenvalue weighted by molar-refractivity contribution is 5.88. The van der Waals surface area contributed by atoms with Crippen LogP contribution < -0.4 is 5.56 Å². The molecule has 29 heavy (non-hydrogen) atoms. The van der Waals surface area contributed by atoms with Crippen LogP contribution in [0, 0.1) is 5.82 Å². The van der Waals surface area contributed by atoms with E-state index in [9.17, 15) is 14.0 Å². The summed E-state index contributed by atoms with van der Waals surface area (Å²) in [5, 5.41) is 9.56. The van der Waals surface area contributed by atoms with E-state index < -0.39 is 5.97 Å². The van der Waals surface area contributed by atoms with Crippen LogP contribution >= 0.6 is 0 Å². The van der Waals surface area contributed by atoms with Crippen LogP contribution in [-0.2, 0) is 0 Å². The lowest BCUT2D eigenvalue weighted by atomic mass is 10.1. The van der Waals surface area contributed by atoms with Gasteiger partial charge in [-0.2, -0.15) is 0 Å². The largest absolute Gasteiger partial charge is 0.478 e. The number of fused-ring (bicyclic) bond motifs is 1. The Kier molecular flexibility index (Phi) is 4.75. The molecule has 6 heteroatoms. The highest BCUT2D eigenvalue weighted by Gasteiger charge is 2.12. The first-order valence-corrected chi connectivity index (χ1v) is 8.82. The summed E-state index contributed by atoms with van der Waals surface area (Å²) < 4.78 is 14.6. The van der Waals surface area contributed by atoms with E-state index in [0.29, 0.717) is 22.4 Å². The van der Waals surface area contributed by atoms with Crippen molar-refractivity contribution in [3.8, 4) is 5.69 Å². The van der Waals surface area contributed by atoms with E-state index in [1.165, 1.54) is 28.8 Å². The van der Waals surface area contributed by atoms with Gasteiger partial charge in [0, 0.05) is 0 Å². The third kappa shape index (κ3) is 3.68. The lowest BCUT2D eigenvalue weighted by Gasteiger charge is -2.11. The molecule has 0 bridgehead atoms. The van der Waals surface area contributed by atoms with E-state index in [-0.39, 0.29) is 16.9 Å². The minimum atomic E-state index is -1.04. The average molecular weight is 386 g/mol. The lowest BCUT2D eigenvalue weighted by Crippen LogP contribution is -2.22. The van der Waals surface area contributed by atoms with Crippen LogP contribution in [0.5, 0.6) is 0 Å². The predicted octanol–water partition coefficient (Wildman–Crippen LogP) is 4.39. The molecule has 4 rings (SSSR count). The van der Waals surface area contributed by atoms with E-state index in [2.05, 4.69) is 4.98 Å². The molecule has 1 N–H and O–H groups in total. The maximum Gasteiger partial charge on any atom is 0.335 e. The van der Waals surface area contributed by atoms with Crippen LogP contribution in [-0.4, -0.2) is 20.6 Å². The molecule has 0 amide bonds. The number of aromatic nitrogens is 2. The van der Waals surface area contributed by atoms with Crippen molar-refractivity contribution in [1.82, 2.24) is 9.55 Å². The van der Waals surface area contributed by atoms with Crippen molar-refractivity contribution in [2.24, 2.45) is 0 Å². The molecule has 0 atom stereocenters. The summed E-state index contributed by atoms with van der Waals surface area (Å²) in [7, 11) is 0. The Morgan fingerprint density at radius 3 is 2.31 bits per heavy atom. The minimum Gasteiger partial charge on any atom is -0.478 e. The average Bonchev–Trinajstić information content (AvgIpc) is 2.73. The molecule has 5 nitrogen and oxygen atoms in total. The molecule has 0 unspecified atom stereocenters. The lowest BCUT2D eigenvalue weighted by molar-refractivity contribution is 0.0697. The molecule has 0 fully saturated rings. The first-order valence-electron chi connectivity index (χ1n) is 8.82. The SMILES string of the molecule is O=C(O)c1ccc(-n2c(C=Cc3ccc(F)cc3)nc3ccccc3c2=O)cc1. The zero-order chi connectivity index (χ0) is 20.4. The zero-order valence-corrected chi connectivity index (χ0v) is 15.1. The summed E-state index contributed by atoms with van der Waals surface area (Å²) in [6.45, 7) is 0. The standard InChI is InChI=1S/C23H15FN2O3/c24-17-10-5-15(6-11-17)7-14-21-25-20-4-2-1-3-19(20)22(27)26(21)18-12-8-16(9-13-18)23(28)29/h1-14H,(H,28,29). The van der Waals surface area contributed by atoms with Crippen molar-refractivity contribution in [3.63, 3.8) is 0 Å². The fourth-order valence-corrected chi connectivity index (χ4v) is 3.01. The van der Waals surface area contributed by atoms with E-state index in [4.69, 9.17) is 5.11 Å². The molecule has 4 aromatic rings. The number of halogens is 1. The van der Waals surface area contributed by atoms with Gasteiger partial charge in [0.25, 0.3) is 5.56 Å². The number of hydrogen-bond acceptors (Lipinski definition) is 3. The van der Waals surface area contributed by atoms with Crippen LogP contribution in [0.3, 0.4) is 0 Å². The first-order chi connectivity index (χ1) is 14.0. The fourth-order valence-electron chi connectivity index (χ4n) is 3.01. The summed E-state index contributed by atoms with van der Waals surface area (Å²) in [4.78, 5) is 28.9. The van der Waals surface area contributed by atoms with E-state index in [1.807, 2.05) is 0 Å². The third-order valence-electron chi connectivity index (χ3n) is 4.47. The van der Waals surface area contributed by atoms with Gasteiger partial charge >= 0.3 is 5.97 Å². The molecule has 0 saturated heterocycles. The number of rotatable bonds is 4. The summed E-state index contributed by atoms with van der Waals surface area (Å²) in [6.07, 6.45) is 3.41. The van der Waals surface area contributed by atoms with Gasteiger partial charge in [-0.25, -0.2) is 14.2 Å². The number of nitrogens with zero attached hydrogens (tertiary/aromatic N) is 2. The molecule has 142 valence electrons. The smallest absolute Gasteiger partial charge is 0.335 e. The predicted molar refractivity (Wildman–Crippen MR) is 110 cm³/mol. The number of carboxylic acid groups (broad SMARTS) is 1. The molecule has 0 radical (unpaired) electrons. The van der Waals surface area contributed by atoms with Crippen molar-refractivity contribution in [3.05, 3.63) is 106 Å². The summed E-state index contributed by atoms with van der Waals surface area (Å²) in [5.41, 5.74) is 1.66. The number of benzene rings is 3. The Hall–Kier alpha value is -4.06. The maximum atomic E-state index is 13.1. The molecular formula is C23H15FN2O3.